The van der Waals surface area contributed by atoms with Gasteiger partial charge in [0, 0.05) is 25.0 Å². The highest BCUT2D eigenvalue weighted by Gasteiger charge is 2.28. The van der Waals surface area contributed by atoms with Crippen LogP contribution in [0.15, 0.2) is 30.6 Å². The van der Waals surface area contributed by atoms with E-state index in [-0.39, 0.29) is 11.9 Å². The Labute approximate surface area is 111 Å². The summed E-state index contributed by atoms with van der Waals surface area (Å²) in [5, 5.41) is 2.88. The Morgan fingerprint density at radius 3 is 2.95 bits per heavy atom. The van der Waals surface area contributed by atoms with Gasteiger partial charge >= 0.3 is 0 Å². The van der Waals surface area contributed by atoms with Gasteiger partial charge in [-0.05, 0) is 30.9 Å². The van der Waals surface area contributed by atoms with Crippen molar-refractivity contribution in [2.75, 3.05) is 6.54 Å². The normalized spacial score (nSPS) is 16.3. The van der Waals surface area contributed by atoms with Crippen LogP contribution in [0.3, 0.4) is 0 Å². The molecule has 0 radical (unpaired) electrons. The van der Waals surface area contributed by atoms with Gasteiger partial charge in [-0.15, -0.1) is 0 Å². The lowest BCUT2D eigenvalue weighted by Crippen LogP contribution is -2.38. The molecule has 1 saturated carbocycles. The van der Waals surface area contributed by atoms with Crippen molar-refractivity contribution in [1.29, 1.82) is 0 Å². The molecule has 5 nitrogen and oxygen atoms in total. The lowest BCUT2D eigenvalue weighted by Gasteiger charge is -2.12. The van der Waals surface area contributed by atoms with E-state index in [1.165, 1.54) is 12.8 Å². The fourth-order valence-corrected chi connectivity index (χ4v) is 2.17. The van der Waals surface area contributed by atoms with Crippen LogP contribution in [0.4, 0.5) is 0 Å². The number of nitrogens with zero attached hydrogens (tertiary/aromatic N) is 2. The van der Waals surface area contributed by atoms with Crippen molar-refractivity contribution in [3.8, 4) is 0 Å². The molecule has 1 amide bonds. The van der Waals surface area contributed by atoms with Crippen molar-refractivity contribution in [3.63, 3.8) is 0 Å². The first kappa shape index (κ1) is 12.0. The van der Waals surface area contributed by atoms with Gasteiger partial charge in [0.2, 0.25) is 0 Å². The summed E-state index contributed by atoms with van der Waals surface area (Å²) in [7, 11) is 0. The van der Waals surface area contributed by atoms with Crippen LogP contribution < -0.4 is 11.1 Å². The summed E-state index contributed by atoms with van der Waals surface area (Å²) in [6.07, 6.45) is 5.57. The lowest BCUT2D eigenvalue weighted by atomic mass is 10.1. The highest BCUT2D eigenvalue weighted by atomic mass is 16.1. The maximum Gasteiger partial charge on any atom is 0.253 e. The number of amides is 1. The third kappa shape index (κ3) is 2.56. The molecule has 1 aliphatic carbocycles. The molecular weight excluding hydrogens is 240 g/mol. The number of hydrogen-bond acceptors (Lipinski definition) is 4. The number of carbonyl (C=O) groups excluding carboxylic acids is 1. The molecule has 0 aliphatic heterocycles. The van der Waals surface area contributed by atoms with Gasteiger partial charge in [-0.3, -0.25) is 14.8 Å². The Morgan fingerprint density at radius 1 is 1.37 bits per heavy atom. The van der Waals surface area contributed by atoms with Gasteiger partial charge in [0.15, 0.2) is 0 Å². The zero-order chi connectivity index (χ0) is 13.2. The second-order valence-corrected chi connectivity index (χ2v) is 4.94. The lowest BCUT2D eigenvalue weighted by molar-refractivity contribution is 0.0952. The molecular formula is C14H16N4O. The number of fused-ring (bicyclic) bond motifs is 1. The Kier molecular flexibility index (Phi) is 3.13. The quantitative estimate of drug-likeness (QED) is 0.858. The average molecular weight is 256 g/mol. The van der Waals surface area contributed by atoms with E-state index >= 15 is 0 Å². The number of rotatable bonds is 4. The zero-order valence-corrected chi connectivity index (χ0v) is 10.5. The molecule has 3 rings (SSSR count). The van der Waals surface area contributed by atoms with Crippen LogP contribution in [-0.2, 0) is 0 Å². The SMILES string of the molecule is NC(CNC(=O)c1cccc2nccnc12)C1CC1. The first-order valence-corrected chi connectivity index (χ1v) is 6.49. The van der Waals surface area contributed by atoms with Crippen molar-refractivity contribution >= 4 is 16.9 Å². The van der Waals surface area contributed by atoms with E-state index in [0.29, 0.717) is 23.5 Å². The summed E-state index contributed by atoms with van der Waals surface area (Å²) in [5.41, 5.74) is 7.88. The van der Waals surface area contributed by atoms with Gasteiger partial charge in [-0.25, -0.2) is 0 Å². The van der Waals surface area contributed by atoms with Crippen LogP contribution in [0.25, 0.3) is 11.0 Å². The third-order valence-corrected chi connectivity index (χ3v) is 3.47. The van der Waals surface area contributed by atoms with Gasteiger partial charge in [0.05, 0.1) is 11.1 Å². The van der Waals surface area contributed by atoms with E-state index in [9.17, 15) is 4.79 Å². The number of hydrogen-bond donors (Lipinski definition) is 2. The van der Waals surface area contributed by atoms with Gasteiger partial charge in [0.25, 0.3) is 5.91 Å². The highest BCUT2D eigenvalue weighted by molar-refractivity contribution is 6.04. The van der Waals surface area contributed by atoms with Crippen molar-refractivity contribution in [2.45, 2.75) is 18.9 Å². The number of para-hydroxylation sites is 1. The van der Waals surface area contributed by atoms with Crippen LogP contribution in [0, 0.1) is 5.92 Å². The summed E-state index contributed by atoms with van der Waals surface area (Å²) >= 11 is 0. The predicted octanol–water partition coefficient (Wildman–Crippen LogP) is 1.10. The maximum absolute atomic E-state index is 12.2. The van der Waals surface area contributed by atoms with Crippen molar-refractivity contribution < 1.29 is 4.79 Å². The van der Waals surface area contributed by atoms with E-state index in [2.05, 4.69) is 15.3 Å². The smallest absolute Gasteiger partial charge is 0.253 e. The molecule has 3 N–H and O–H groups in total. The van der Waals surface area contributed by atoms with E-state index in [4.69, 9.17) is 5.73 Å². The van der Waals surface area contributed by atoms with Crippen LogP contribution in [0.2, 0.25) is 0 Å². The molecule has 5 heteroatoms. The zero-order valence-electron chi connectivity index (χ0n) is 10.5. The molecule has 1 aromatic carbocycles. The molecule has 19 heavy (non-hydrogen) atoms. The summed E-state index contributed by atoms with van der Waals surface area (Å²) in [6, 6.07) is 5.47. The number of carbonyl (C=O) groups is 1. The first-order valence-electron chi connectivity index (χ1n) is 6.49. The fourth-order valence-electron chi connectivity index (χ4n) is 2.17. The Morgan fingerprint density at radius 2 is 2.16 bits per heavy atom. The van der Waals surface area contributed by atoms with Crippen molar-refractivity contribution in [2.24, 2.45) is 11.7 Å². The number of aromatic nitrogens is 2. The van der Waals surface area contributed by atoms with Crippen LogP contribution >= 0.6 is 0 Å². The molecule has 98 valence electrons. The minimum atomic E-state index is -0.137. The highest BCUT2D eigenvalue weighted by Crippen LogP contribution is 2.31. The Hall–Kier alpha value is -2.01. The van der Waals surface area contributed by atoms with E-state index in [1.807, 2.05) is 12.1 Å². The van der Waals surface area contributed by atoms with E-state index in [0.717, 1.165) is 5.52 Å². The van der Waals surface area contributed by atoms with Gasteiger partial charge < -0.3 is 11.1 Å². The van der Waals surface area contributed by atoms with Crippen LogP contribution in [0.5, 0.6) is 0 Å². The summed E-state index contributed by atoms with van der Waals surface area (Å²) in [5.74, 6) is 0.440. The standard InChI is InChI=1S/C14H16N4O/c15-11(9-4-5-9)8-18-14(19)10-2-1-3-12-13(10)17-7-6-16-12/h1-3,6-7,9,11H,4-5,8,15H2,(H,18,19). The average Bonchev–Trinajstić information content (AvgIpc) is 3.28. The van der Waals surface area contributed by atoms with E-state index in [1.54, 1.807) is 18.5 Å². The monoisotopic (exact) mass is 256 g/mol. The van der Waals surface area contributed by atoms with E-state index < -0.39 is 0 Å². The second-order valence-electron chi connectivity index (χ2n) is 4.94. The molecule has 1 atom stereocenters. The minimum Gasteiger partial charge on any atom is -0.350 e. The molecule has 1 aliphatic rings. The van der Waals surface area contributed by atoms with Gasteiger partial charge in [0.1, 0.15) is 5.52 Å². The molecule has 2 aromatic rings. The topological polar surface area (TPSA) is 80.9 Å². The Bertz CT molecular complexity index is 604. The molecule has 1 heterocycles. The first-order chi connectivity index (χ1) is 9.25. The molecule has 0 spiro atoms. The number of nitrogens with two attached hydrogens (primary N) is 1. The molecule has 1 aromatic heterocycles. The summed E-state index contributed by atoms with van der Waals surface area (Å²) in [4.78, 5) is 20.6. The van der Waals surface area contributed by atoms with Crippen LogP contribution in [-0.4, -0.2) is 28.5 Å². The third-order valence-electron chi connectivity index (χ3n) is 3.47. The minimum absolute atomic E-state index is 0.0602. The summed E-state index contributed by atoms with van der Waals surface area (Å²) in [6.45, 7) is 0.514. The molecule has 1 unspecified atom stereocenters. The van der Waals surface area contributed by atoms with Gasteiger partial charge in [-0.2, -0.15) is 0 Å². The maximum atomic E-state index is 12.2. The molecule has 0 saturated heterocycles. The van der Waals surface area contributed by atoms with Crippen LogP contribution in [0.1, 0.15) is 23.2 Å². The van der Waals surface area contributed by atoms with Crippen molar-refractivity contribution in [3.05, 3.63) is 36.2 Å². The predicted molar refractivity (Wildman–Crippen MR) is 72.6 cm³/mol. The fraction of sp³-hybridized carbons (Fsp3) is 0.357. The molecule has 0 bridgehead atoms. The largest absolute Gasteiger partial charge is 0.350 e. The van der Waals surface area contributed by atoms with Gasteiger partial charge in [-0.1, -0.05) is 6.07 Å². The number of nitrogens with one attached hydrogen (secondary N) is 1. The number of benzene rings is 1. The Balaban J connectivity index is 1.77. The molecule has 1 fully saturated rings. The summed E-state index contributed by atoms with van der Waals surface area (Å²) < 4.78 is 0. The van der Waals surface area contributed by atoms with Crippen molar-refractivity contribution in [1.82, 2.24) is 15.3 Å². The second kappa shape index (κ2) is 4.93.